The molecule has 1 aromatic heterocycles. The third-order valence-electron chi connectivity index (χ3n) is 3.31. The predicted octanol–water partition coefficient (Wildman–Crippen LogP) is 4.18. The molecule has 3 aromatic rings. The molecule has 0 spiro atoms. The number of aromatic nitrogens is 1. The fraction of sp³-hybridized carbons (Fsp3) is 0.0625. The first-order valence-electron chi connectivity index (χ1n) is 6.34. The van der Waals surface area contributed by atoms with Gasteiger partial charge in [-0.3, -0.25) is 0 Å². The first kappa shape index (κ1) is 13.3. The van der Waals surface area contributed by atoms with Crippen LogP contribution in [0.3, 0.4) is 0 Å². The number of anilines is 1. The number of hydrogen-bond acceptors (Lipinski definition) is 3. The summed E-state index contributed by atoms with van der Waals surface area (Å²) in [6.07, 6.45) is 0. The van der Waals surface area contributed by atoms with E-state index in [1.165, 1.54) is 18.2 Å². The highest BCUT2D eigenvalue weighted by atomic mass is 19.1. The smallest absolute Gasteiger partial charge is 0.230 e. The Morgan fingerprint density at radius 3 is 2.52 bits per heavy atom. The molecule has 0 fully saturated rings. The Hall–Kier alpha value is -2.69. The van der Waals surface area contributed by atoms with Crippen LogP contribution in [-0.2, 0) is 0 Å². The molecule has 0 aliphatic rings. The maximum atomic E-state index is 14.0. The van der Waals surface area contributed by atoms with Crippen molar-refractivity contribution in [3.63, 3.8) is 0 Å². The van der Waals surface area contributed by atoms with Gasteiger partial charge in [0.25, 0.3) is 0 Å². The quantitative estimate of drug-likeness (QED) is 0.769. The van der Waals surface area contributed by atoms with Crippen molar-refractivity contribution in [2.75, 3.05) is 5.73 Å². The fourth-order valence-corrected chi connectivity index (χ4v) is 2.30. The van der Waals surface area contributed by atoms with Crippen molar-refractivity contribution in [1.29, 1.82) is 0 Å². The highest BCUT2D eigenvalue weighted by Crippen LogP contribution is 2.38. The van der Waals surface area contributed by atoms with Crippen molar-refractivity contribution in [2.24, 2.45) is 0 Å². The van der Waals surface area contributed by atoms with Gasteiger partial charge in [0.2, 0.25) is 5.88 Å². The second-order valence-corrected chi connectivity index (χ2v) is 4.71. The lowest BCUT2D eigenvalue weighted by Crippen LogP contribution is -1.92. The maximum Gasteiger partial charge on any atom is 0.230 e. The van der Waals surface area contributed by atoms with Crippen LogP contribution in [0.15, 0.2) is 47.0 Å². The lowest BCUT2D eigenvalue weighted by molar-refractivity contribution is 0.439. The molecule has 0 atom stereocenters. The summed E-state index contributed by atoms with van der Waals surface area (Å²) < 4.78 is 32.2. The van der Waals surface area contributed by atoms with Gasteiger partial charge in [-0.1, -0.05) is 23.4 Å². The minimum atomic E-state index is -0.423. The van der Waals surface area contributed by atoms with Gasteiger partial charge in [0, 0.05) is 11.1 Å². The minimum Gasteiger partial charge on any atom is -0.367 e. The van der Waals surface area contributed by atoms with Gasteiger partial charge in [0.1, 0.15) is 17.3 Å². The summed E-state index contributed by atoms with van der Waals surface area (Å²) in [7, 11) is 0. The van der Waals surface area contributed by atoms with E-state index in [4.69, 9.17) is 10.3 Å². The molecule has 5 heteroatoms. The van der Waals surface area contributed by atoms with E-state index in [0.717, 1.165) is 0 Å². The molecule has 2 N–H and O–H groups in total. The molecule has 0 aliphatic carbocycles. The van der Waals surface area contributed by atoms with Crippen LogP contribution in [0.1, 0.15) is 5.56 Å². The summed E-state index contributed by atoms with van der Waals surface area (Å²) in [4.78, 5) is 0. The number of nitrogens with zero attached hydrogens (tertiary/aromatic N) is 1. The van der Waals surface area contributed by atoms with Crippen molar-refractivity contribution in [1.82, 2.24) is 5.16 Å². The molecule has 106 valence electrons. The molecule has 0 saturated heterocycles. The van der Waals surface area contributed by atoms with Crippen LogP contribution in [0.5, 0.6) is 0 Å². The summed E-state index contributed by atoms with van der Waals surface area (Å²) in [5.41, 5.74) is 8.18. The van der Waals surface area contributed by atoms with Crippen LogP contribution in [0.4, 0.5) is 14.7 Å². The number of nitrogen functional groups attached to an aromatic ring is 1. The zero-order chi connectivity index (χ0) is 15.0. The van der Waals surface area contributed by atoms with Gasteiger partial charge >= 0.3 is 0 Å². The Kier molecular flexibility index (Phi) is 3.17. The summed E-state index contributed by atoms with van der Waals surface area (Å²) in [5.74, 6) is -0.743. The minimum absolute atomic E-state index is 0.0267. The second kappa shape index (κ2) is 5.01. The van der Waals surface area contributed by atoms with Crippen LogP contribution in [0.25, 0.3) is 22.4 Å². The lowest BCUT2D eigenvalue weighted by Gasteiger charge is -2.06. The molecular weight excluding hydrogens is 274 g/mol. The second-order valence-electron chi connectivity index (χ2n) is 4.71. The van der Waals surface area contributed by atoms with E-state index < -0.39 is 5.82 Å². The van der Waals surface area contributed by atoms with Gasteiger partial charge in [0.15, 0.2) is 0 Å². The fourth-order valence-electron chi connectivity index (χ4n) is 2.30. The number of rotatable bonds is 2. The Balaban J connectivity index is 2.25. The summed E-state index contributed by atoms with van der Waals surface area (Å²) in [5, 5.41) is 3.90. The van der Waals surface area contributed by atoms with Gasteiger partial charge in [0.05, 0.1) is 5.56 Å². The number of hydrogen-bond donors (Lipinski definition) is 1. The van der Waals surface area contributed by atoms with E-state index in [0.29, 0.717) is 27.9 Å². The highest BCUT2D eigenvalue weighted by Gasteiger charge is 2.21. The van der Waals surface area contributed by atoms with Gasteiger partial charge in [-0.05, 0) is 36.8 Å². The molecule has 3 nitrogen and oxygen atoms in total. The third-order valence-corrected chi connectivity index (χ3v) is 3.31. The van der Waals surface area contributed by atoms with Crippen molar-refractivity contribution in [3.05, 3.63) is 59.7 Å². The topological polar surface area (TPSA) is 52.0 Å². The Labute approximate surface area is 120 Å². The van der Waals surface area contributed by atoms with Gasteiger partial charge in [-0.15, -0.1) is 0 Å². The van der Waals surface area contributed by atoms with Gasteiger partial charge < -0.3 is 10.3 Å². The molecular formula is C16H12F2N2O. The number of nitrogens with two attached hydrogens (primary N) is 1. The van der Waals surface area contributed by atoms with E-state index in [-0.39, 0.29) is 11.7 Å². The molecule has 0 saturated carbocycles. The van der Waals surface area contributed by atoms with Crippen molar-refractivity contribution in [2.45, 2.75) is 6.92 Å². The monoisotopic (exact) mass is 286 g/mol. The number of aryl methyl sites for hydroxylation is 1. The average molecular weight is 286 g/mol. The van der Waals surface area contributed by atoms with E-state index in [2.05, 4.69) is 5.16 Å². The van der Waals surface area contributed by atoms with E-state index in [1.807, 2.05) is 0 Å². The van der Waals surface area contributed by atoms with Crippen LogP contribution < -0.4 is 5.73 Å². The largest absolute Gasteiger partial charge is 0.367 e. The van der Waals surface area contributed by atoms with Crippen LogP contribution in [-0.4, -0.2) is 5.16 Å². The molecule has 21 heavy (non-hydrogen) atoms. The molecule has 3 rings (SSSR count). The van der Waals surface area contributed by atoms with Crippen LogP contribution in [0, 0.1) is 18.6 Å². The van der Waals surface area contributed by atoms with E-state index in [1.54, 1.807) is 31.2 Å². The van der Waals surface area contributed by atoms with E-state index >= 15 is 0 Å². The molecule has 0 unspecified atom stereocenters. The Morgan fingerprint density at radius 2 is 1.81 bits per heavy atom. The molecule has 0 radical (unpaired) electrons. The van der Waals surface area contributed by atoms with Gasteiger partial charge in [-0.25, -0.2) is 8.78 Å². The summed E-state index contributed by atoms with van der Waals surface area (Å²) in [6, 6.07) is 10.5. The number of benzene rings is 2. The zero-order valence-electron chi connectivity index (χ0n) is 11.2. The maximum absolute atomic E-state index is 14.0. The van der Waals surface area contributed by atoms with Crippen molar-refractivity contribution in [3.8, 4) is 22.4 Å². The summed E-state index contributed by atoms with van der Waals surface area (Å²) in [6.45, 7) is 1.74. The molecule has 0 amide bonds. The van der Waals surface area contributed by atoms with E-state index in [9.17, 15) is 8.78 Å². The summed E-state index contributed by atoms with van der Waals surface area (Å²) >= 11 is 0. The standard InChI is InChI=1S/C16H12F2N2O/c1-9-8-10(17)6-7-11(9)15-14(16(19)21-20-15)12-4-2-3-5-13(12)18/h2-8H,19H2,1H3. The van der Waals surface area contributed by atoms with Crippen molar-refractivity contribution >= 4 is 5.88 Å². The first-order chi connectivity index (χ1) is 10.1. The highest BCUT2D eigenvalue weighted by molar-refractivity contribution is 5.87. The molecule has 1 heterocycles. The Morgan fingerprint density at radius 1 is 1.05 bits per heavy atom. The first-order valence-corrected chi connectivity index (χ1v) is 6.34. The lowest BCUT2D eigenvalue weighted by atomic mass is 9.97. The zero-order valence-corrected chi connectivity index (χ0v) is 11.2. The van der Waals surface area contributed by atoms with Gasteiger partial charge in [-0.2, -0.15) is 0 Å². The Bertz CT molecular complexity index is 812. The normalized spacial score (nSPS) is 10.8. The SMILES string of the molecule is Cc1cc(F)ccc1-c1noc(N)c1-c1ccccc1F. The molecule has 0 aliphatic heterocycles. The third kappa shape index (κ3) is 2.27. The van der Waals surface area contributed by atoms with Crippen LogP contribution in [0.2, 0.25) is 0 Å². The molecule has 0 bridgehead atoms. The number of halogens is 2. The average Bonchev–Trinajstić information content (AvgIpc) is 2.81. The molecule has 2 aromatic carbocycles. The van der Waals surface area contributed by atoms with Crippen LogP contribution >= 0.6 is 0 Å². The van der Waals surface area contributed by atoms with Crippen molar-refractivity contribution < 1.29 is 13.3 Å². The predicted molar refractivity (Wildman–Crippen MR) is 76.4 cm³/mol.